The normalized spacial score (nSPS) is 13.0. The summed E-state index contributed by atoms with van der Waals surface area (Å²) in [6.07, 6.45) is 0.0654. The van der Waals surface area contributed by atoms with Crippen LogP contribution >= 0.6 is 27.7 Å². The third kappa shape index (κ3) is 4.57. The minimum absolute atomic E-state index is 0.0654. The van der Waals surface area contributed by atoms with Crippen molar-refractivity contribution in [3.63, 3.8) is 0 Å². The zero-order valence-corrected chi connectivity index (χ0v) is 20.1. The lowest BCUT2D eigenvalue weighted by atomic mass is 9.77. The third-order valence-electron chi connectivity index (χ3n) is 5.68. The molecule has 4 nitrogen and oxygen atoms in total. The fourth-order valence-corrected chi connectivity index (χ4v) is 5.48. The highest BCUT2D eigenvalue weighted by Gasteiger charge is 2.33. The number of anilines is 2. The van der Waals surface area contributed by atoms with Gasteiger partial charge in [-0.1, -0.05) is 58.0 Å². The van der Waals surface area contributed by atoms with Crippen molar-refractivity contribution in [3.05, 3.63) is 82.3 Å². The highest BCUT2D eigenvalue weighted by Crippen LogP contribution is 2.46. The SMILES string of the molecule is CC(=O)C(C(C)=O)C(CC(=O)c1cccc2c1Nc1ccccc1S2)c1ccc(Br)cc1. The quantitative estimate of drug-likeness (QED) is 0.220. The van der Waals surface area contributed by atoms with Gasteiger partial charge in [0.15, 0.2) is 5.78 Å². The summed E-state index contributed by atoms with van der Waals surface area (Å²) in [5, 5.41) is 3.40. The Morgan fingerprint density at radius 1 is 0.875 bits per heavy atom. The number of hydrogen-bond acceptors (Lipinski definition) is 5. The van der Waals surface area contributed by atoms with E-state index in [4.69, 9.17) is 0 Å². The smallest absolute Gasteiger partial charge is 0.165 e. The van der Waals surface area contributed by atoms with Crippen molar-refractivity contribution in [1.29, 1.82) is 0 Å². The number of carbonyl (C=O) groups is 3. The van der Waals surface area contributed by atoms with Crippen LogP contribution in [0.1, 0.15) is 42.1 Å². The molecule has 0 spiro atoms. The van der Waals surface area contributed by atoms with Gasteiger partial charge in [0.1, 0.15) is 11.6 Å². The molecule has 0 saturated heterocycles. The number of hydrogen-bond donors (Lipinski definition) is 1. The van der Waals surface area contributed by atoms with E-state index in [1.54, 1.807) is 17.8 Å². The Bertz CT molecular complexity index is 1190. The topological polar surface area (TPSA) is 63.2 Å². The number of ketones is 3. The average Bonchev–Trinajstić information content (AvgIpc) is 2.76. The van der Waals surface area contributed by atoms with Gasteiger partial charge in [0.05, 0.1) is 17.3 Å². The van der Waals surface area contributed by atoms with Crippen LogP contribution in [0.25, 0.3) is 0 Å². The van der Waals surface area contributed by atoms with E-state index in [-0.39, 0.29) is 23.8 Å². The molecule has 1 heterocycles. The minimum Gasteiger partial charge on any atom is -0.353 e. The van der Waals surface area contributed by atoms with Crippen molar-refractivity contribution in [2.45, 2.75) is 36.0 Å². The monoisotopic (exact) mass is 507 g/mol. The number of fused-ring (bicyclic) bond motifs is 2. The molecule has 0 fully saturated rings. The van der Waals surface area contributed by atoms with Gasteiger partial charge in [0.2, 0.25) is 0 Å². The number of para-hydroxylation sites is 2. The van der Waals surface area contributed by atoms with Gasteiger partial charge in [-0.25, -0.2) is 0 Å². The summed E-state index contributed by atoms with van der Waals surface area (Å²) in [5.74, 6) is -1.94. The molecule has 0 saturated carbocycles. The van der Waals surface area contributed by atoms with Crippen LogP contribution in [0, 0.1) is 5.92 Å². The van der Waals surface area contributed by atoms with Crippen molar-refractivity contribution >= 4 is 56.4 Å². The molecular formula is C26H22BrNO3S. The highest BCUT2D eigenvalue weighted by molar-refractivity contribution is 9.10. The Hall–Kier alpha value is -2.70. The van der Waals surface area contributed by atoms with Crippen molar-refractivity contribution in [2.24, 2.45) is 5.92 Å². The zero-order valence-electron chi connectivity index (χ0n) is 17.7. The summed E-state index contributed by atoms with van der Waals surface area (Å²) in [4.78, 5) is 40.4. The third-order valence-corrected chi connectivity index (χ3v) is 7.34. The molecule has 1 aliphatic rings. The summed E-state index contributed by atoms with van der Waals surface area (Å²) in [7, 11) is 0. The van der Waals surface area contributed by atoms with Crippen LogP contribution in [0.3, 0.4) is 0 Å². The van der Waals surface area contributed by atoms with Crippen LogP contribution in [0.4, 0.5) is 11.4 Å². The number of nitrogens with one attached hydrogen (secondary N) is 1. The largest absolute Gasteiger partial charge is 0.353 e. The molecule has 4 rings (SSSR count). The Balaban J connectivity index is 1.70. The summed E-state index contributed by atoms with van der Waals surface area (Å²) >= 11 is 5.04. The molecule has 32 heavy (non-hydrogen) atoms. The number of benzene rings is 3. The van der Waals surface area contributed by atoms with Crippen molar-refractivity contribution in [2.75, 3.05) is 5.32 Å². The molecule has 3 aromatic rings. The van der Waals surface area contributed by atoms with Gasteiger partial charge in [-0.15, -0.1) is 0 Å². The maximum atomic E-state index is 13.5. The van der Waals surface area contributed by atoms with Gasteiger partial charge in [-0.2, -0.15) is 0 Å². The van der Waals surface area contributed by atoms with Gasteiger partial charge in [-0.05, 0) is 55.8 Å². The van der Waals surface area contributed by atoms with Crippen molar-refractivity contribution < 1.29 is 14.4 Å². The van der Waals surface area contributed by atoms with Crippen LogP contribution in [0.15, 0.2) is 81.0 Å². The average molecular weight is 508 g/mol. The van der Waals surface area contributed by atoms with Crippen molar-refractivity contribution in [1.82, 2.24) is 0 Å². The predicted octanol–water partition coefficient (Wildman–Crippen LogP) is 6.81. The summed E-state index contributed by atoms with van der Waals surface area (Å²) < 4.78 is 0.894. The molecular weight excluding hydrogens is 486 g/mol. The van der Waals surface area contributed by atoms with Gasteiger partial charge in [-0.3, -0.25) is 14.4 Å². The molecule has 0 bridgehead atoms. The molecule has 162 valence electrons. The first-order chi connectivity index (χ1) is 15.3. The second-order valence-corrected chi connectivity index (χ2v) is 9.89. The Morgan fingerprint density at radius 2 is 1.53 bits per heavy atom. The maximum absolute atomic E-state index is 13.5. The number of halogens is 1. The fourth-order valence-electron chi connectivity index (χ4n) is 4.19. The predicted molar refractivity (Wildman–Crippen MR) is 131 cm³/mol. The molecule has 0 amide bonds. The molecule has 1 N–H and O–H groups in total. The lowest BCUT2D eigenvalue weighted by Gasteiger charge is -2.26. The van der Waals surface area contributed by atoms with Crippen LogP contribution in [-0.2, 0) is 9.59 Å². The van der Waals surface area contributed by atoms with E-state index in [0.717, 1.165) is 31.2 Å². The molecule has 6 heteroatoms. The first-order valence-electron chi connectivity index (χ1n) is 10.3. The minimum atomic E-state index is -0.859. The molecule has 0 aromatic heterocycles. The molecule has 3 aromatic carbocycles. The lowest BCUT2D eigenvalue weighted by Crippen LogP contribution is -2.29. The Morgan fingerprint density at radius 3 is 2.22 bits per heavy atom. The maximum Gasteiger partial charge on any atom is 0.165 e. The standard InChI is InChI=1S/C26H22BrNO3S/c1-15(29)25(16(2)30)20(17-10-12-18(27)13-11-17)14-22(31)19-6-5-9-24-26(19)28-21-7-3-4-8-23(21)32-24/h3-13,20,25,28H,14H2,1-2H3. The second-order valence-electron chi connectivity index (χ2n) is 7.89. The fraction of sp³-hybridized carbons (Fsp3) is 0.192. The molecule has 1 aliphatic heterocycles. The van der Waals surface area contributed by atoms with E-state index in [0.29, 0.717) is 5.56 Å². The molecule has 0 aliphatic carbocycles. The van der Waals surface area contributed by atoms with Gasteiger partial charge in [0, 0.05) is 32.2 Å². The summed E-state index contributed by atoms with van der Waals surface area (Å²) in [5.41, 5.74) is 3.10. The van der Waals surface area contributed by atoms with E-state index < -0.39 is 11.8 Å². The molecule has 0 radical (unpaired) electrons. The van der Waals surface area contributed by atoms with E-state index in [2.05, 4.69) is 21.2 Å². The van der Waals surface area contributed by atoms with E-state index in [1.165, 1.54) is 13.8 Å². The summed E-state index contributed by atoms with van der Waals surface area (Å²) in [6.45, 7) is 2.84. The van der Waals surface area contributed by atoms with Gasteiger partial charge in [0.25, 0.3) is 0 Å². The van der Waals surface area contributed by atoms with Crippen LogP contribution in [0.2, 0.25) is 0 Å². The molecule has 1 unspecified atom stereocenters. The zero-order chi connectivity index (χ0) is 22.8. The second kappa shape index (κ2) is 9.43. The van der Waals surface area contributed by atoms with Gasteiger partial charge >= 0.3 is 0 Å². The Labute approximate surface area is 199 Å². The number of rotatable bonds is 7. The molecule has 1 atom stereocenters. The Kier molecular flexibility index (Phi) is 6.63. The van der Waals surface area contributed by atoms with E-state index >= 15 is 0 Å². The van der Waals surface area contributed by atoms with Crippen LogP contribution in [-0.4, -0.2) is 17.3 Å². The van der Waals surface area contributed by atoms with Crippen LogP contribution in [0.5, 0.6) is 0 Å². The first-order valence-corrected chi connectivity index (χ1v) is 11.9. The number of carbonyl (C=O) groups excluding carboxylic acids is 3. The van der Waals surface area contributed by atoms with E-state index in [1.807, 2.05) is 60.7 Å². The number of Topliss-reactive ketones (excluding diaryl/α,β-unsaturated/α-hetero) is 3. The van der Waals surface area contributed by atoms with Crippen LogP contribution < -0.4 is 5.32 Å². The van der Waals surface area contributed by atoms with Gasteiger partial charge < -0.3 is 5.32 Å². The highest BCUT2D eigenvalue weighted by atomic mass is 79.9. The van der Waals surface area contributed by atoms with E-state index in [9.17, 15) is 14.4 Å². The van der Waals surface area contributed by atoms with Crippen molar-refractivity contribution in [3.8, 4) is 0 Å². The summed E-state index contributed by atoms with van der Waals surface area (Å²) in [6, 6.07) is 21.1. The first kappa shape index (κ1) is 22.5. The lowest BCUT2D eigenvalue weighted by molar-refractivity contribution is -0.131.